The molecule has 0 bridgehead atoms. The fourth-order valence-electron chi connectivity index (χ4n) is 2.47. The van der Waals surface area contributed by atoms with Crippen molar-refractivity contribution in [3.63, 3.8) is 0 Å². The molecule has 0 spiro atoms. The van der Waals surface area contributed by atoms with E-state index in [0.717, 1.165) is 43.1 Å². The van der Waals surface area contributed by atoms with Crippen LogP contribution in [-0.2, 0) is 6.42 Å². The van der Waals surface area contributed by atoms with Gasteiger partial charge >= 0.3 is 0 Å². The topological polar surface area (TPSA) is 29.5 Å². The van der Waals surface area contributed by atoms with Gasteiger partial charge in [0.05, 0.1) is 12.7 Å². The fraction of sp³-hybridized carbons (Fsp3) is 0.571. The van der Waals surface area contributed by atoms with E-state index in [9.17, 15) is 5.11 Å². The normalized spacial score (nSPS) is 21.1. The number of ether oxygens (including phenoxy) is 1. The van der Waals surface area contributed by atoms with Crippen molar-refractivity contribution in [1.29, 1.82) is 0 Å². The zero-order chi connectivity index (χ0) is 11.0. The highest BCUT2D eigenvalue weighted by atomic mass is 16.5. The zero-order valence-corrected chi connectivity index (χ0v) is 9.48. The van der Waals surface area contributed by atoms with Crippen LogP contribution in [0.2, 0.25) is 0 Å². The fourth-order valence-corrected chi connectivity index (χ4v) is 2.47. The molecule has 0 aromatic heterocycles. The Morgan fingerprint density at radius 2 is 2.25 bits per heavy atom. The standard InChI is InChI=1S/C14H18O2/c15-13(9-10-6-7-10)12-5-1-3-11-4-2-8-16-14(11)12/h1,3,5,10,13,15H,2,4,6-9H2. The number of aliphatic hydroxyl groups excluding tert-OH is 1. The Kier molecular flexibility index (Phi) is 2.60. The molecule has 0 radical (unpaired) electrons. The Labute approximate surface area is 96.2 Å². The van der Waals surface area contributed by atoms with Crippen molar-refractivity contribution in [1.82, 2.24) is 0 Å². The van der Waals surface area contributed by atoms with Crippen molar-refractivity contribution in [2.45, 2.75) is 38.2 Å². The van der Waals surface area contributed by atoms with Gasteiger partial charge in [-0.3, -0.25) is 0 Å². The average molecular weight is 218 g/mol. The lowest BCUT2D eigenvalue weighted by atomic mass is 9.97. The number of para-hydroxylation sites is 1. The second kappa shape index (κ2) is 4.10. The molecule has 0 saturated heterocycles. The largest absolute Gasteiger partial charge is 0.493 e. The highest BCUT2D eigenvalue weighted by Crippen LogP contribution is 2.41. The van der Waals surface area contributed by atoms with Gasteiger partial charge in [0, 0.05) is 5.56 Å². The molecule has 2 nitrogen and oxygen atoms in total. The monoisotopic (exact) mass is 218 g/mol. The summed E-state index contributed by atoms with van der Waals surface area (Å²) in [6, 6.07) is 6.16. The molecular formula is C14H18O2. The number of benzene rings is 1. The van der Waals surface area contributed by atoms with E-state index < -0.39 is 0 Å². The predicted molar refractivity (Wildman–Crippen MR) is 62.6 cm³/mol. The number of aliphatic hydroxyl groups is 1. The van der Waals surface area contributed by atoms with Gasteiger partial charge in [-0.25, -0.2) is 0 Å². The molecule has 1 aliphatic heterocycles. The number of fused-ring (bicyclic) bond motifs is 1. The summed E-state index contributed by atoms with van der Waals surface area (Å²) in [5.41, 5.74) is 2.27. The van der Waals surface area contributed by atoms with Crippen LogP contribution in [0.1, 0.15) is 42.9 Å². The van der Waals surface area contributed by atoms with E-state index in [0.29, 0.717) is 0 Å². The van der Waals surface area contributed by atoms with Crippen LogP contribution < -0.4 is 4.74 Å². The first kappa shape index (κ1) is 10.2. The number of hydrogen-bond acceptors (Lipinski definition) is 2. The average Bonchev–Trinajstić information content (AvgIpc) is 3.12. The lowest BCUT2D eigenvalue weighted by molar-refractivity contribution is 0.153. The van der Waals surface area contributed by atoms with Gasteiger partial charge in [0.1, 0.15) is 5.75 Å². The van der Waals surface area contributed by atoms with Gasteiger partial charge in [-0.15, -0.1) is 0 Å². The van der Waals surface area contributed by atoms with E-state index >= 15 is 0 Å². The molecular weight excluding hydrogens is 200 g/mol. The lowest BCUT2D eigenvalue weighted by Crippen LogP contribution is -2.12. The van der Waals surface area contributed by atoms with Crippen LogP contribution in [0.5, 0.6) is 5.75 Å². The van der Waals surface area contributed by atoms with Crippen molar-refractivity contribution >= 4 is 0 Å². The smallest absolute Gasteiger partial charge is 0.128 e. The molecule has 1 aromatic rings. The minimum absolute atomic E-state index is 0.333. The molecule has 2 heteroatoms. The third kappa shape index (κ3) is 1.94. The van der Waals surface area contributed by atoms with Crippen LogP contribution in [0.3, 0.4) is 0 Å². The maximum absolute atomic E-state index is 10.2. The quantitative estimate of drug-likeness (QED) is 0.845. The summed E-state index contributed by atoms with van der Waals surface area (Å²) in [5.74, 6) is 1.70. The lowest BCUT2D eigenvalue weighted by Gasteiger charge is -2.22. The number of rotatable bonds is 3. The van der Waals surface area contributed by atoms with Crippen LogP contribution in [0, 0.1) is 5.92 Å². The molecule has 1 aromatic carbocycles. The minimum atomic E-state index is -0.333. The first-order valence-corrected chi connectivity index (χ1v) is 6.27. The molecule has 16 heavy (non-hydrogen) atoms. The third-order valence-electron chi connectivity index (χ3n) is 3.58. The summed E-state index contributed by atoms with van der Waals surface area (Å²) >= 11 is 0. The maximum atomic E-state index is 10.2. The van der Waals surface area contributed by atoms with Gasteiger partial charge in [0.25, 0.3) is 0 Å². The molecule has 0 amide bonds. The summed E-state index contributed by atoms with van der Waals surface area (Å²) in [6.45, 7) is 0.792. The molecule has 3 rings (SSSR count). The molecule has 1 heterocycles. The molecule has 1 N–H and O–H groups in total. The van der Waals surface area contributed by atoms with Crippen LogP contribution in [-0.4, -0.2) is 11.7 Å². The second-order valence-electron chi connectivity index (χ2n) is 4.98. The highest BCUT2D eigenvalue weighted by molar-refractivity contribution is 5.44. The van der Waals surface area contributed by atoms with Crippen LogP contribution in [0.25, 0.3) is 0 Å². The molecule has 1 atom stereocenters. The molecule has 1 saturated carbocycles. The van der Waals surface area contributed by atoms with Crippen LogP contribution in [0.4, 0.5) is 0 Å². The Balaban J connectivity index is 1.86. The zero-order valence-electron chi connectivity index (χ0n) is 9.48. The van der Waals surface area contributed by atoms with E-state index in [1.54, 1.807) is 0 Å². The summed E-state index contributed by atoms with van der Waals surface area (Å²) < 4.78 is 5.72. The van der Waals surface area contributed by atoms with Crippen molar-refractivity contribution in [3.05, 3.63) is 29.3 Å². The summed E-state index contributed by atoms with van der Waals surface area (Å²) in [6.07, 6.45) is 5.31. The van der Waals surface area contributed by atoms with E-state index in [1.165, 1.54) is 18.4 Å². The molecule has 1 unspecified atom stereocenters. The van der Waals surface area contributed by atoms with Gasteiger partial charge in [0.2, 0.25) is 0 Å². The van der Waals surface area contributed by atoms with Crippen LogP contribution >= 0.6 is 0 Å². The Hall–Kier alpha value is -1.02. The predicted octanol–water partition coefficient (Wildman–Crippen LogP) is 2.85. The molecule has 1 aliphatic carbocycles. The SMILES string of the molecule is OC(CC1CC1)c1cccc2c1OCCC2. The van der Waals surface area contributed by atoms with E-state index in [1.807, 2.05) is 12.1 Å². The van der Waals surface area contributed by atoms with E-state index in [2.05, 4.69) is 6.07 Å². The Morgan fingerprint density at radius 1 is 1.38 bits per heavy atom. The minimum Gasteiger partial charge on any atom is -0.493 e. The van der Waals surface area contributed by atoms with Crippen molar-refractivity contribution in [2.24, 2.45) is 5.92 Å². The van der Waals surface area contributed by atoms with Gasteiger partial charge in [-0.1, -0.05) is 31.0 Å². The van der Waals surface area contributed by atoms with Crippen molar-refractivity contribution in [2.75, 3.05) is 6.61 Å². The van der Waals surface area contributed by atoms with E-state index in [4.69, 9.17) is 4.74 Å². The van der Waals surface area contributed by atoms with Gasteiger partial charge in [0.15, 0.2) is 0 Å². The Morgan fingerprint density at radius 3 is 3.06 bits per heavy atom. The molecule has 86 valence electrons. The summed E-state index contributed by atoms with van der Waals surface area (Å²) in [5, 5.41) is 10.2. The number of aryl methyl sites for hydroxylation is 1. The summed E-state index contributed by atoms with van der Waals surface area (Å²) in [7, 11) is 0. The Bertz CT molecular complexity index is 382. The highest BCUT2D eigenvalue weighted by Gasteiger charge is 2.27. The van der Waals surface area contributed by atoms with Crippen LogP contribution in [0.15, 0.2) is 18.2 Å². The van der Waals surface area contributed by atoms with Crippen molar-refractivity contribution in [3.8, 4) is 5.75 Å². The van der Waals surface area contributed by atoms with Gasteiger partial charge in [-0.05, 0) is 30.7 Å². The first-order valence-electron chi connectivity index (χ1n) is 6.27. The maximum Gasteiger partial charge on any atom is 0.128 e. The first-order chi connectivity index (χ1) is 7.84. The number of hydrogen-bond donors (Lipinski definition) is 1. The van der Waals surface area contributed by atoms with E-state index in [-0.39, 0.29) is 6.10 Å². The third-order valence-corrected chi connectivity index (χ3v) is 3.58. The second-order valence-corrected chi connectivity index (χ2v) is 4.98. The van der Waals surface area contributed by atoms with Crippen molar-refractivity contribution < 1.29 is 9.84 Å². The van der Waals surface area contributed by atoms with Gasteiger partial charge < -0.3 is 9.84 Å². The van der Waals surface area contributed by atoms with Gasteiger partial charge in [-0.2, -0.15) is 0 Å². The summed E-state index contributed by atoms with van der Waals surface area (Å²) in [4.78, 5) is 0. The molecule has 2 aliphatic rings. The molecule has 1 fully saturated rings.